The number of hydrogen-bond acceptors (Lipinski definition) is 5. The third-order valence-corrected chi connectivity index (χ3v) is 7.77. The molecule has 2 heterocycles. The Hall–Kier alpha value is -3.35. The number of halogens is 1. The summed E-state index contributed by atoms with van der Waals surface area (Å²) in [5.74, 6) is 0. The second-order valence-electron chi connectivity index (χ2n) is 9.27. The molecule has 3 aromatic carbocycles. The number of nitrogens with one attached hydrogen (secondary N) is 1. The van der Waals surface area contributed by atoms with Crippen LogP contribution in [-0.4, -0.2) is 37.0 Å². The number of thiol groups is 1. The highest BCUT2D eigenvalue weighted by atomic mass is 35.5. The zero-order chi connectivity index (χ0) is 25.9. The van der Waals surface area contributed by atoms with Crippen molar-refractivity contribution in [2.75, 3.05) is 40.7 Å². The zero-order valence-corrected chi connectivity index (χ0v) is 22.8. The second kappa shape index (κ2) is 11.0. The topological polar surface area (TPSA) is 40.5 Å². The zero-order valence-electron chi connectivity index (χ0n) is 21.1. The Morgan fingerprint density at radius 3 is 2.14 bits per heavy atom. The van der Waals surface area contributed by atoms with Gasteiger partial charge >= 0.3 is 0 Å². The number of carbonyl (C=O) groups is 1. The fourth-order valence-corrected chi connectivity index (χ4v) is 5.60. The van der Waals surface area contributed by atoms with E-state index >= 15 is 0 Å². The molecule has 0 amide bonds. The average molecular weight is 531 g/mol. The molecule has 0 atom stereocenters. The van der Waals surface area contributed by atoms with Crippen LogP contribution in [0.2, 0.25) is 5.02 Å². The van der Waals surface area contributed by atoms with Gasteiger partial charge in [0.05, 0.1) is 5.69 Å². The molecule has 0 radical (unpaired) electrons. The van der Waals surface area contributed by atoms with E-state index in [1.54, 1.807) is 0 Å². The summed E-state index contributed by atoms with van der Waals surface area (Å²) in [5.41, 5.74) is 9.25. The number of nitrogens with zero attached hydrogens (tertiary/aromatic N) is 3. The maximum Gasteiger partial charge on any atom is 0.152 e. The first-order valence-corrected chi connectivity index (χ1v) is 13.4. The van der Waals surface area contributed by atoms with Crippen LogP contribution < -0.4 is 14.5 Å². The first kappa shape index (κ1) is 25.3. The van der Waals surface area contributed by atoms with Crippen LogP contribution in [0.25, 0.3) is 22.4 Å². The fourth-order valence-electron chi connectivity index (χ4n) is 5.32. The summed E-state index contributed by atoms with van der Waals surface area (Å²) < 4.78 is 5.10. The maximum absolute atomic E-state index is 12.3. The van der Waals surface area contributed by atoms with Gasteiger partial charge in [0.25, 0.3) is 0 Å². The number of aromatic nitrogens is 1. The minimum absolute atomic E-state index is 0.697. The molecule has 1 aliphatic rings. The number of hydrogen-bond donors (Lipinski definition) is 2. The number of carbonyl (C=O) groups excluding carboxylic acids is 1. The molecule has 37 heavy (non-hydrogen) atoms. The van der Waals surface area contributed by atoms with Crippen molar-refractivity contribution in [2.24, 2.45) is 0 Å². The molecule has 0 aliphatic carbocycles. The summed E-state index contributed by atoms with van der Waals surface area (Å²) in [5, 5.41) is 0.697. The SMILES string of the molecule is CCn1c(C)c(C=O)c(-c2cccc(N3CCN(c4ccc(NS)cc4)CC3)c2)c1-c1ccc(Cl)cc1. The maximum atomic E-state index is 12.3. The number of aldehydes is 1. The first-order chi connectivity index (χ1) is 18.0. The normalized spacial score (nSPS) is 13.6. The molecule has 1 N–H and O–H groups in total. The van der Waals surface area contributed by atoms with Crippen LogP contribution in [-0.2, 0) is 6.54 Å². The Morgan fingerprint density at radius 1 is 0.892 bits per heavy atom. The van der Waals surface area contributed by atoms with Gasteiger partial charge in [0.15, 0.2) is 6.29 Å². The van der Waals surface area contributed by atoms with Crippen LogP contribution >= 0.6 is 24.4 Å². The number of piperazine rings is 1. The molecule has 1 fully saturated rings. The van der Waals surface area contributed by atoms with Crippen molar-refractivity contribution in [1.82, 2.24) is 4.57 Å². The molecule has 5 rings (SSSR count). The third-order valence-electron chi connectivity index (χ3n) is 7.26. The van der Waals surface area contributed by atoms with Crippen molar-refractivity contribution in [3.05, 3.63) is 89.1 Å². The van der Waals surface area contributed by atoms with Gasteiger partial charge in [-0.15, -0.1) is 0 Å². The van der Waals surface area contributed by atoms with Gasteiger partial charge in [-0.25, -0.2) is 0 Å². The van der Waals surface area contributed by atoms with E-state index in [0.717, 1.165) is 78.3 Å². The predicted octanol–water partition coefficient (Wildman–Crippen LogP) is 7.20. The molecular weight excluding hydrogens is 500 g/mol. The smallest absolute Gasteiger partial charge is 0.152 e. The summed E-state index contributed by atoms with van der Waals surface area (Å²) in [6.45, 7) is 8.65. The van der Waals surface area contributed by atoms with E-state index in [1.807, 2.05) is 43.3 Å². The lowest BCUT2D eigenvalue weighted by Gasteiger charge is -2.37. The van der Waals surface area contributed by atoms with E-state index < -0.39 is 0 Å². The van der Waals surface area contributed by atoms with E-state index in [4.69, 9.17) is 11.6 Å². The lowest BCUT2D eigenvalue weighted by Crippen LogP contribution is -2.46. The summed E-state index contributed by atoms with van der Waals surface area (Å²) in [7, 11) is 0. The Morgan fingerprint density at radius 2 is 1.54 bits per heavy atom. The fraction of sp³-hybridized carbons (Fsp3) is 0.233. The number of anilines is 3. The van der Waals surface area contributed by atoms with Gasteiger partial charge < -0.3 is 19.1 Å². The lowest BCUT2D eigenvalue weighted by atomic mass is 9.96. The largest absolute Gasteiger partial charge is 0.368 e. The van der Waals surface area contributed by atoms with Gasteiger partial charge in [-0.2, -0.15) is 0 Å². The lowest BCUT2D eigenvalue weighted by molar-refractivity contribution is 0.112. The monoisotopic (exact) mass is 530 g/mol. The van der Waals surface area contributed by atoms with Gasteiger partial charge in [-0.1, -0.05) is 48.7 Å². The minimum Gasteiger partial charge on any atom is -0.368 e. The molecule has 0 spiro atoms. The third kappa shape index (κ3) is 4.96. The molecule has 5 nitrogen and oxygen atoms in total. The van der Waals surface area contributed by atoms with Crippen LogP contribution in [0.3, 0.4) is 0 Å². The molecule has 4 aromatic rings. The standard InChI is InChI=1S/C30H31ClN4OS/c1-3-35-21(2)28(20-36)29(30(35)22-7-9-24(31)10-8-22)23-5-4-6-27(19-23)34-17-15-33(16-18-34)26-13-11-25(32-37)12-14-26/h4-14,19-20,32,37H,3,15-18H2,1-2H3. The van der Waals surface area contributed by atoms with E-state index in [9.17, 15) is 4.79 Å². The first-order valence-electron chi connectivity index (χ1n) is 12.6. The van der Waals surface area contributed by atoms with E-state index in [0.29, 0.717) is 5.02 Å². The summed E-state index contributed by atoms with van der Waals surface area (Å²) in [6, 6.07) is 24.8. The molecule has 1 saturated heterocycles. The molecule has 190 valence electrons. The highest BCUT2D eigenvalue weighted by Gasteiger charge is 2.23. The Kier molecular flexibility index (Phi) is 7.49. The quantitative estimate of drug-likeness (QED) is 0.196. The molecular formula is C30H31ClN4OS. The molecule has 1 aromatic heterocycles. The Labute approximate surface area is 229 Å². The summed E-state index contributed by atoms with van der Waals surface area (Å²) in [4.78, 5) is 17.2. The van der Waals surface area contributed by atoms with Crippen LogP contribution in [0.4, 0.5) is 17.1 Å². The molecule has 0 unspecified atom stereocenters. The highest BCUT2D eigenvalue weighted by Crippen LogP contribution is 2.40. The molecule has 1 aliphatic heterocycles. The predicted molar refractivity (Wildman–Crippen MR) is 160 cm³/mol. The van der Waals surface area contributed by atoms with Crippen LogP contribution in [0.15, 0.2) is 72.8 Å². The van der Waals surface area contributed by atoms with E-state index in [1.165, 1.54) is 11.4 Å². The van der Waals surface area contributed by atoms with E-state index in [-0.39, 0.29) is 0 Å². The van der Waals surface area contributed by atoms with Crippen molar-refractivity contribution in [2.45, 2.75) is 20.4 Å². The van der Waals surface area contributed by atoms with Gasteiger partial charge in [0, 0.05) is 71.6 Å². The Balaban J connectivity index is 1.46. The van der Waals surface area contributed by atoms with Gasteiger partial charge in [-0.3, -0.25) is 4.79 Å². The summed E-state index contributed by atoms with van der Waals surface area (Å²) in [6.07, 6.45) is 0.996. The highest BCUT2D eigenvalue weighted by molar-refractivity contribution is 7.81. The van der Waals surface area contributed by atoms with Gasteiger partial charge in [0.1, 0.15) is 0 Å². The number of rotatable bonds is 7. The summed E-state index contributed by atoms with van der Waals surface area (Å²) >= 11 is 10.3. The van der Waals surface area contributed by atoms with Crippen LogP contribution in [0.1, 0.15) is 23.0 Å². The number of benzene rings is 3. The van der Waals surface area contributed by atoms with Crippen LogP contribution in [0.5, 0.6) is 0 Å². The molecule has 7 heteroatoms. The molecule has 0 bridgehead atoms. The van der Waals surface area contributed by atoms with Crippen molar-refractivity contribution in [1.29, 1.82) is 0 Å². The Bertz CT molecular complexity index is 1390. The van der Waals surface area contributed by atoms with E-state index in [2.05, 4.69) is 75.2 Å². The van der Waals surface area contributed by atoms with Crippen LogP contribution in [0, 0.1) is 6.92 Å². The van der Waals surface area contributed by atoms with Gasteiger partial charge in [0.2, 0.25) is 0 Å². The average Bonchev–Trinajstić information content (AvgIpc) is 3.24. The van der Waals surface area contributed by atoms with Crippen molar-refractivity contribution in [3.8, 4) is 22.4 Å². The minimum atomic E-state index is 0.697. The second-order valence-corrected chi connectivity index (χ2v) is 9.93. The van der Waals surface area contributed by atoms with Crippen molar-refractivity contribution < 1.29 is 4.79 Å². The van der Waals surface area contributed by atoms with Gasteiger partial charge in [-0.05, 0) is 73.5 Å². The van der Waals surface area contributed by atoms with Crippen molar-refractivity contribution >= 4 is 47.8 Å². The van der Waals surface area contributed by atoms with Crippen molar-refractivity contribution in [3.63, 3.8) is 0 Å². The molecule has 0 saturated carbocycles.